The molecule has 0 unspecified atom stereocenters. The van der Waals surface area contributed by atoms with Gasteiger partial charge in [0.1, 0.15) is 0 Å². The molecule has 2 aromatic carbocycles. The molecule has 0 bridgehead atoms. The molecule has 29 heavy (non-hydrogen) atoms. The molecule has 0 N–H and O–H groups in total. The Morgan fingerprint density at radius 1 is 0.966 bits per heavy atom. The minimum absolute atomic E-state index is 0.503. The van der Waals surface area contributed by atoms with Gasteiger partial charge in [-0.3, -0.25) is 0 Å². The SMILES string of the molecule is C=CCN(c1ccccc1)c1ccccc1N(C(=C)C=C)/C(C)=C/C=C\C(C)C. The first kappa shape index (κ1) is 22.0. The lowest BCUT2D eigenvalue weighted by Gasteiger charge is -2.33. The third kappa shape index (κ3) is 5.86. The molecule has 2 aromatic rings. The van der Waals surface area contributed by atoms with Crippen LogP contribution in [0.5, 0.6) is 0 Å². The predicted molar refractivity (Wildman–Crippen MR) is 130 cm³/mol. The summed E-state index contributed by atoms with van der Waals surface area (Å²) in [6, 6.07) is 18.7. The lowest BCUT2D eigenvalue weighted by atomic mass is 10.1. The molecule has 0 amide bonds. The van der Waals surface area contributed by atoms with Crippen LogP contribution in [0.2, 0.25) is 0 Å². The molecule has 0 saturated heterocycles. The lowest BCUT2D eigenvalue weighted by Crippen LogP contribution is -2.24. The maximum absolute atomic E-state index is 4.24. The van der Waals surface area contributed by atoms with Gasteiger partial charge in [-0.1, -0.05) is 75.6 Å². The summed E-state index contributed by atoms with van der Waals surface area (Å²) in [4.78, 5) is 4.40. The number of anilines is 3. The van der Waals surface area contributed by atoms with Crippen molar-refractivity contribution < 1.29 is 0 Å². The highest BCUT2D eigenvalue weighted by atomic mass is 15.2. The van der Waals surface area contributed by atoms with E-state index in [1.165, 1.54) is 0 Å². The Labute approximate surface area is 176 Å². The number of para-hydroxylation sites is 3. The third-order valence-electron chi connectivity index (χ3n) is 4.50. The fourth-order valence-electron chi connectivity index (χ4n) is 3.12. The van der Waals surface area contributed by atoms with Crippen LogP contribution in [-0.4, -0.2) is 6.54 Å². The fourth-order valence-corrected chi connectivity index (χ4v) is 3.12. The summed E-state index contributed by atoms with van der Waals surface area (Å²) in [6.45, 7) is 19.3. The van der Waals surface area contributed by atoms with Gasteiger partial charge in [0, 0.05) is 23.6 Å². The monoisotopic (exact) mass is 384 g/mol. The second kappa shape index (κ2) is 10.9. The highest BCUT2D eigenvalue weighted by molar-refractivity contribution is 5.81. The largest absolute Gasteiger partial charge is 0.336 e. The quantitative estimate of drug-likeness (QED) is 0.307. The summed E-state index contributed by atoms with van der Waals surface area (Å²) in [5.41, 5.74) is 5.16. The zero-order chi connectivity index (χ0) is 21.2. The molecule has 2 rings (SSSR count). The molecule has 2 heteroatoms. The summed E-state index contributed by atoms with van der Waals surface area (Å²) in [6.07, 6.45) is 10.1. The molecular formula is C27H32N2. The Bertz CT molecular complexity index is 888. The first-order valence-corrected chi connectivity index (χ1v) is 9.98. The van der Waals surface area contributed by atoms with E-state index < -0.39 is 0 Å². The number of rotatable bonds is 10. The molecular weight excluding hydrogens is 352 g/mol. The fraction of sp³-hybridized carbons (Fsp3) is 0.185. The number of hydrogen-bond donors (Lipinski definition) is 0. The van der Waals surface area contributed by atoms with Crippen molar-refractivity contribution in [1.82, 2.24) is 0 Å². The van der Waals surface area contributed by atoms with Crippen LogP contribution in [0.25, 0.3) is 0 Å². The van der Waals surface area contributed by atoms with Crippen LogP contribution < -0.4 is 9.80 Å². The molecule has 0 aliphatic heterocycles. The van der Waals surface area contributed by atoms with Gasteiger partial charge >= 0.3 is 0 Å². The summed E-state index contributed by atoms with van der Waals surface area (Å²) < 4.78 is 0. The maximum Gasteiger partial charge on any atom is 0.0695 e. The maximum atomic E-state index is 4.24. The van der Waals surface area contributed by atoms with Gasteiger partial charge in [-0.2, -0.15) is 0 Å². The number of allylic oxidation sites excluding steroid dienone is 5. The average molecular weight is 385 g/mol. The van der Waals surface area contributed by atoms with Gasteiger partial charge < -0.3 is 9.80 Å². The Kier molecular flexibility index (Phi) is 8.29. The molecule has 0 heterocycles. The van der Waals surface area contributed by atoms with Gasteiger partial charge in [0.05, 0.1) is 11.4 Å². The second-order valence-corrected chi connectivity index (χ2v) is 7.19. The first-order valence-electron chi connectivity index (χ1n) is 9.98. The van der Waals surface area contributed by atoms with E-state index in [2.05, 4.69) is 117 Å². The summed E-state index contributed by atoms with van der Waals surface area (Å²) >= 11 is 0. The van der Waals surface area contributed by atoms with E-state index in [0.717, 1.165) is 28.5 Å². The van der Waals surface area contributed by atoms with Crippen LogP contribution in [0, 0.1) is 5.92 Å². The molecule has 150 valence electrons. The Hall–Kier alpha value is -3.26. The van der Waals surface area contributed by atoms with Crippen LogP contribution in [0.3, 0.4) is 0 Å². The smallest absolute Gasteiger partial charge is 0.0695 e. The first-order chi connectivity index (χ1) is 14.0. The topological polar surface area (TPSA) is 6.48 Å². The minimum Gasteiger partial charge on any atom is -0.336 e. The van der Waals surface area contributed by atoms with Crippen molar-refractivity contribution >= 4 is 17.1 Å². The summed E-state index contributed by atoms with van der Waals surface area (Å²) in [5, 5.41) is 0. The van der Waals surface area contributed by atoms with Gasteiger partial charge in [-0.25, -0.2) is 0 Å². The third-order valence-corrected chi connectivity index (χ3v) is 4.50. The molecule has 0 fully saturated rings. The molecule has 0 spiro atoms. The highest BCUT2D eigenvalue weighted by Crippen LogP contribution is 2.37. The Morgan fingerprint density at radius 3 is 2.17 bits per heavy atom. The van der Waals surface area contributed by atoms with Crippen molar-refractivity contribution in [2.45, 2.75) is 20.8 Å². The molecule has 0 saturated carbocycles. The van der Waals surface area contributed by atoms with Crippen molar-refractivity contribution in [1.29, 1.82) is 0 Å². The normalized spacial score (nSPS) is 11.5. The van der Waals surface area contributed by atoms with Gasteiger partial charge in [0.25, 0.3) is 0 Å². The van der Waals surface area contributed by atoms with E-state index in [-0.39, 0.29) is 0 Å². The molecule has 0 radical (unpaired) electrons. The van der Waals surface area contributed by atoms with Crippen LogP contribution in [-0.2, 0) is 0 Å². The van der Waals surface area contributed by atoms with Gasteiger partial charge in [-0.05, 0) is 49.3 Å². The van der Waals surface area contributed by atoms with Crippen molar-refractivity contribution in [2.24, 2.45) is 5.92 Å². The second-order valence-electron chi connectivity index (χ2n) is 7.19. The van der Waals surface area contributed by atoms with Crippen LogP contribution in [0.1, 0.15) is 20.8 Å². The molecule has 0 atom stereocenters. The zero-order valence-electron chi connectivity index (χ0n) is 17.9. The molecule has 0 aliphatic rings. The van der Waals surface area contributed by atoms with Crippen molar-refractivity contribution in [2.75, 3.05) is 16.3 Å². The molecule has 0 aliphatic carbocycles. The lowest BCUT2D eigenvalue weighted by molar-refractivity contribution is 0.831. The van der Waals surface area contributed by atoms with E-state index >= 15 is 0 Å². The zero-order valence-corrected chi connectivity index (χ0v) is 17.9. The van der Waals surface area contributed by atoms with Crippen LogP contribution >= 0.6 is 0 Å². The molecule has 0 aromatic heterocycles. The van der Waals surface area contributed by atoms with E-state index in [9.17, 15) is 0 Å². The number of nitrogens with zero attached hydrogens (tertiary/aromatic N) is 2. The standard InChI is InChI=1S/C27H32N2/c1-7-21-28(25-17-10-9-11-18-25)26-19-12-13-20-27(26)29(23(5)8-2)24(6)16-14-15-22(3)4/h7-20,22H,1-2,5,21H2,3-4,6H3/b15-14-,24-16+. The van der Waals surface area contributed by atoms with Gasteiger partial charge in [-0.15, -0.1) is 6.58 Å². The molecule has 2 nitrogen and oxygen atoms in total. The number of hydrogen-bond acceptors (Lipinski definition) is 2. The van der Waals surface area contributed by atoms with E-state index in [1.54, 1.807) is 6.08 Å². The predicted octanol–water partition coefficient (Wildman–Crippen LogP) is 7.63. The Morgan fingerprint density at radius 2 is 1.59 bits per heavy atom. The van der Waals surface area contributed by atoms with E-state index in [1.807, 2.05) is 12.1 Å². The van der Waals surface area contributed by atoms with Crippen molar-refractivity contribution in [3.8, 4) is 0 Å². The number of benzene rings is 2. The van der Waals surface area contributed by atoms with Crippen LogP contribution in [0.4, 0.5) is 17.1 Å². The van der Waals surface area contributed by atoms with Crippen LogP contribution in [0.15, 0.2) is 116 Å². The van der Waals surface area contributed by atoms with E-state index in [0.29, 0.717) is 12.5 Å². The highest BCUT2D eigenvalue weighted by Gasteiger charge is 2.18. The minimum atomic E-state index is 0.503. The average Bonchev–Trinajstić information content (AvgIpc) is 2.73. The van der Waals surface area contributed by atoms with Gasteiger partial charge in [0.15, 0.2) is 0 Å². The summed E-state index contributed by atoms with van der Waals surface area (Å²) in [7, 11) is 0. The van der Waals surface area contributed by atoms with E-state index in [4.69, 9.17) is 0 Å². The van der Waals surface area contributed by atoms with Crippen molar-refractivity contribution in [3.05, 3.63) is 116 Å². The summed E-state index contributed by atoms with van der Waals surface area (Å²) in [5.74, 6) is 0.503. The van der Waals surface area contributed by atoms with Gasteiger partial charge in [0.2, 0.25) is 0 Å². The Balaban J connectivity index is 2.59. The van der Waals surface area contributed by atoms with Crippen molar-refractivity contribution in [3.63, 3.8) is 0 Å².